The SMILES string of the molecule is Cc1ccc(C(=O)OCC(=O)Nc2ccc(C(F)(F)F)cc2)cc1. The van der Waals surface area contributed by atoms with Gasteiger partial charge in [0.15, 0.2) is 6.61 Å². The first-order chi connectivity index (χ1) is 11.3. The maximum atomic E-state index is 12.4. The quantitative estimate of drug-likeness (QED) is 0.863. The van der Waals surface area contributed by atoms with Gasteiger partial charge in [0.2, 0.25) is 0 Å². The third-order valence-corrected chi connectivity index (χ3v) is 3.12. The van der Waals surface area contributed by atoms with Gasteiger partial charge in [0.05, 0.1) is 11.1 Å². The van der Waals surface area contributed by atoms with Crippen LogP contribution in [0, 0.1) is 6.92 Å². The van der Waals surface area contributed by atoms with Crippen LogP contribution in [0.5, 0.6) is 0 Å². The lowest BCUT2D eigenvalue weighted by atomic mass is 10.1. The van der Waals surface area contributed by atoms with E-state index in [1.165, 1.54) is 0 Å². The highest BCUT2D eigenvalue weighted by molar-refractivity contribution is 5.95. The van der Waals surface area contributed by atoms with E-state index >= 15 is 0 Å². The van der Waals surface area contributed by atoms with Gasteiger partial charge in [0.1, 0.15) is 0 Å². The summed E-state index contributed by atoms with van der Waals surface area (Å²) in [5.74, 6) is -1.30. The van der Waals surface area contributed by atoms with Crippen LogP contribution < -0.4 is 5.32 Å². The largest absolute Gasteiger partial charge is 0.452 e. The fraction of sp³-hybridized carbons (Fsp3) is 0.176. The van der Waals surface area contributed by atoms with Gasteiger partial charge in [0.25, 0.3) is 5.91 Å². The Hall–Kier alpha value is -2.83. The molecule has 0 aliphatic heterocycles. The number of amides is 1. The summed E-state index contributed by atoms with van der Waals surface area (Å²) in [6, 6.07) is 10.6. The zero-order valence-electron chi connectivity index (χ0n) is 12.7. The van der Waals surface area contributed by atoms with E-state index in [1.807, 2.05) is 6.92 Å². The average molecular weight is 337 g/mol. The van der Waals surface area contributed by atoms with E-state index < -0.39 is 30.2 Å². The minimum Gasteiger partial charge on any atom is -0.452 e. The molecular weight excluding hydrogens is 323 g/mol. The van der Waals surface area contributed by atoms with Crippen molar-refractivity contribution in [2.24, 2.45) is 0 Å². The fourth-order valence-electron chi connectivity index (χ4n) is 1.84. The van der Waals surface area contributed by atoms with Crippen molar-refractivity contribution in [2.75, 3.05) is 11.9 Å². The molecule has 2 aromatic rings. The summed E-state index contributed by atoms with van der Waals surface area (Å²) in [4.78, 5) is 23.4. The van der Waals surface area contributed by atoms with Gasteiger partial charge in [0, 0.05) is 5.69 Å². The Kier molecular flexibility index (Phi) is 5.23. The third kappa shape index (κ3) is 4.84. The van der Waals surface area contributed by atoms with E-state index in [0.717, 1.165) is 29.8 Å². The molecule has 1 N–H and O–H groups in total. The van der Waals surface area contributed by atoms with Crippen LogP contribution in [-0.2, 0) is 15.7 Å². The van der Waals surface area contributed by atoms with Crippen molar-refractivity contribution < 1.29 is 27.5 Å². The van der Waals surface area contributed by atoms with Crippen LogP contribution in [0.3, 0.4) is 0 Å². The lowest BCUT2D eigenvalue weighted by molar-refractivity contribution is -0.137. The smallest absolute Gasteiger partial charge is 0.416 e. The summed E-state index contributed by atoms with van der Waals surface area (Å²) >= 11 is 0. The number of nitrogens with one attached hydrogen (secondary N) is 1. The molecule has 4 nitrogen and oxygen atoms in total. The Labute approximate surface area is 136 Å². The Morgan fingerprint density at radius 1 is 1.00 bits per heavy atom. The summed E-state index contributed by atoms with van der Waals surface area (Å²) in [7, 11) is 0. The normalized spacial score (nSPS) is 11.0. The molecule has 2 rings (SSSR count). The van der Waals surface area contributed by atoms with Crippen molar-refractivity contribution in [1.29, 1.82) is 0 Å². The van der Waals surface area contributed by atoms with E-state index in [4.69, 9.17) is 4.74 Å². The zero-order valence-corrected chi connectivity index (χ0v) is 12.7. The van der Waals surface area contributed by atoms with Crippen molar-refractivity contribution >= 4 is 17.6 Å². The van der Waals surface area contributed by atoms with Crippen molar-refractivity contribution in [3.8, 4) is 0 Å². The molecule has 0 fully saturated rings. The van der Waals surface area contributed by atoms with E-state index in [1.54, 1.807) is 24.3 Å². The van der Waals surface area contributed by atoms with Crippen LogP contribution in [0.15, 0.2) is 48.5 Å². The highest BCUT2D eigenvalue weighted by atomic mass is 19.4. The first-order valence-electron chi connectivity index (χ1n) is 6.96. The summed E-state index contributed by atoms with van der Waals surface area (Å²) in [5.41, 5.74) is 0.653. The number of esters is 1. The van der Waals surface area contributed by atoms with Gasteiger partial charge in [-0.1, -0.05) is 17.7 Å². The third-order valence-electron chi connectivity index (χ3n) is 3.12. The predicted octanol–water partition coefficient (Wildman–Crippen LogP) is 3.81. The average Bonchev–Trinajstić information content (AvgIpc) is 2.53. The predicted molar refractivity (Wildman–Crippen MR) is 81.5 cm³/mol. The molecule has 126 valence electrons. The van der Waals surface area contributed by atoms with Gasteiger partial charge in [-0.05, 0) is 43.3 Å². The molecule has 0 aliphatic rings. The topological polar surface area (TPSA) is 55.4 Å². The van der Waals surface area contributed by atoms with Gasteiger partial charge >= 0.3 is 12.1 Å². The second-order valence-electron chi connectivity index (χ2n) is 5.07. The maximum absolute atomic E-state index is 12.4. The van der Waals surface area contributed by atoms with Crippen molar-refractivity contribution in [3.63, 3.8) is 0 Å². The molecule has 0 unspecified atom stereocenters. The second kappa shape index (κ2) is 7.16. The lowest BCUT2D eigenvalue weighted by Crippen LogP contribution is -2.21. The van der Waals surface area contributed by atoms with Gasteiger partial charge in [-0.2, -0.15) is 13.2 Å². The van der Waals surface area contributed by atoms with Crippen molar-refractivity contribution in [2.45, 2.75) is 13.1 Å². The molecule has 0 atom stereocenters. The standard InChI is InChI=1S/C17H14F3NO3/c1-11-2-4-12(5-3-11)16(23)24-10-15(22)21-14-8-6-13(7-9-14)17(18,19)20/h2-9H,10H2,1H3,(H,21,22). The number of hydrogen-bond donors (Lipinski definition) is 1. The van der Waals surface area contributed by atoms with Crippen LogP contribution >= 0.6 is 0 Å². The molecule has 0 aliphatic carbocycles. The molecule has 0 bridgehead atoms. The maximum Gasteiger partial charge on any atom is 0.416 e. The summed E-state index contributed by atoms with van der Waals surface area (Å²) < 4.78 is 42.1. The molecule has 0 spiro atoms. The second-order valence-corrected chi connectivity index (χ2v) is 5.07. The Morgan fingerprint density at radius 3 is 2.12 bits per heavy atom. The highest BCUT2D eigenvalue weighted by Gasteiger charge is 2.29. The molecule has 24 heavy (non-hydrogen) atoms. The number of ether oxygens (including phenoxy) is 1. The molecule has 0 heterocycles. The monoisotopic (exact) mass is 337 g/mol. The fourth-order valence-corrected chi connectivity index (χ4v) is 1.84. The van der Waals surface area contributed by atoms with Gasteiger partial charge in [-0.3, -0.25) is 4.79 Å². The van der Waals surface area contributed by atoms with E-state index in [0.29, 0.717) is 5.56 Å². The minimum absolute atomic E-state index is 0.180. The summed E-state index contributed by atoms with van der Waals surface area (Å²) in [6.45, 7) is 1.33. The van der Waals surface area contributed by atoms with Crippen LogP contribution in [0.2, 0.25) is 0 Å². The Balaban J connectivity index is 1.87. The number of halogens is 3. The minimum atomic E-state index is -4.44. The lowest BCUT2D eigenvalue weighted by Gasteiger charge is -2.09. The molecule has 2 aromatic carbocycles. The summed E-state index contributed by atoms with van der Waals surface area (Å²) in [5, 5.41) is 2.35. The van der Waals surface area contributed by atoms with Gasteiger partial charge in [-0.15, -0.1) is 0 Å². The van der Waals surface area contributed by atoms with Crippen molar-refractivity contribution in [1.82, 2.24) is 0 Å². The van der Waals surface area contributed by atoms with Gasteiger partial charge < -0.3 is 10.1 Å². The van der Waals surface area contributed by atoms with Crippen LogP contribution in [0.4, 0.5) is 18.9 Å². The Morgan fingerprint density at radius 2 is 1.58 bits per heavy atom. The number of alkyl halides is 3. The number of carbonyl (C=O) groups excluding carboxylic acids is 2. The van der Waals surface area contributed by atoms with Crippen molar-refractivity contribution in [3.05, 3.63) is 65.2 Å². The molecule has 0 saturated carbocycles. The first kappa shape index (κ1) is 17.5. The highest BCUT2D eigenvalue weighted by Crippen LogP contribution is 2.29. The van der Waals surface area contributed by atoms with Gasteiger partial charge in [-0.25, -0.2) is 4.79 Å². The first-order valence-corrected chi connectivity index (χ1v) is 6.96. The van der Waals surface area contributed by atoms with E-state index in [2.05, 4.69) is 5.32 Å². The summed E-state index contributed by atoms with van der Waals surface area (Å²) in [6.07, 6.45) is -4.44. The zero-order chi connectivity index (χ0) is 17.7. The van der Waals surface area contributed by atoms with E-state index in [-0.39, 0.29) is 5.69 Å². The molecule has 0 radical (unpaired) electrons. The number of benzene rings is 2. The number of rotatable bonds is 4. The molecule has 1 amide bonds. The number of anilines is 1. The molecule has 7 heteroatoms. The molecular formula is C17H14F3NO3. The van der Waals surface area contributed by atoms with Crippen LogP contribution in [0.25, 0.3) is 0 Å². The number of carbonyl (C=O) groups is 2. The van der Waals surface area contributed by atoms with Crippen LogP contribution in [0.1, 0.15) is 21.5 Å². The van der Waals surface area contributed by atoms with Crippen LogP contribution in [-0.4, -0.2) is 18.5 Å². The van der Waals surface area contributed by atoms with E-state index in [9.17, 15) is 22.8 Å². The molecule has 0 saturated heterocycles. The number of hydrogen-bond acceptors (Lipinski definition) is 3. The molecule has 0 aromatic heterocycles. The Bertz CT molecular complexity index is 722. The number of aryl methyl sites for hydroxylation is 1.